The Morgan fingerprint density at radius 2 is 1.09 bits per heavy atom. The van der Waals surface area contributed by atoms with Gasteiger partial charge in [-0.2, -0.15) is 0 Å². The molecule has 0 bridgehead atoms. The Labute approximate surface area is 283 Å². The molecule has 5 nitrogen and oxygen atoms in total. The Morgan fingerprint density at radius 3 is 1.51 bits per heavy atom. The first-order valence-corrected chi connectivity index (χ1v) is 16.3. The fourth-order valence-electron chi connectivity index (χ4n) is 4.16. The van der Waals surface area contributed by atoms with Crippen LogP contribution in [0, 0.1) is 6.92 Å². The third kappa shape index (κ3) is 13.3. The second-order valence-electron chi connectivity index (χ2n) is 12.0. The summed E-state index contributed by atoms with van der Waals surface area (Å²) in [6.07, 6.45) is 0. The van der Waals surface area contributed by atoms with Crippen LogP contribution < -0.4 is 4.74 Å². The van der Waals surface area contributed by atoms with Crippen LogP contribution in [0.4, 0.5) is 0 Å². The average Bonchev–Trinajstić information content (AvgIpc) is 2.97. The maximum absolute atomic E-state index is 9.38. The van der Waals surface area contributed by atoms with E-state index in [9.17, 15) is 20.4 Å². The Bertz CT molecular complexity index is 1460. The van der Waals surface area contributed by atoms with Gasteiger partial charge in [-0.3, -0.25) is 0 Å². The van der Waals surface area contributed by atoms with Gasteiger partial charge in [0.2, 0.25) is 0 Å². The summed E-state index contributed by atoms with van der Waals surface area (Å²) in [4.78, 5) is 0. The molecule has 0 aromatic heterocycles. The Balaban J connectivity index is 0.000000301. The molecule has 0 atom stereocenters. The summed E-state index contributed by atoms with van der Waals surface area (Å²) < 4.78 is 6.22. The molecule has 0 aliphatic carbocycles. The molecular weight excluding hydrogens is 652 g/mol. The second kappa shape index (κ2) is 19.2. The van der Waals surface area contributed by atoms with Crippen LogP contribution in [0.15, 0.2) is 77.3 Å². The smallest absolute Gasteiger partial charge is 0.122 e. The van der Waals surface area contributed by atoms with Crippen LogP contribution in [0.5, 0.6) is 28.7 Å². The topological polar surface area (TPSA) is 90.2 Å². The van der Waals surface area contributed by atoms with Gasteiger partial charge in [0.05, 0.1) is 7.11 Å². The Morgan fingerprint density at radius 1 is 0.578 bits per heavy atom. The van der Waals surface area contributed by atoms with Crippen molar-refractivity contribution in [3.63, 3.8) is 0 Å². The van der Waals surface area contributed by atoms with Crippen LogP contribution in [0.1, 0.15) is 107 Å². The van der Waals surface area contributed by atoms with Crippen LogP contribution in [-0.2, 0) is 0 Å². The van der Waals surface area contributed by atoms with Gasteiger partial charge in [-0.25, -0.2) is 0 Å². The van der Waals surface area contributed by atoms with Gasteiger partial charge >= 0.3 is 0 Å². The van der Waals surface area contributed by atoms with Crippen molar-refractivity contribution in [1.29, 1.82) is 0 Å². The zero-order valence-electron chi connectivity index (χ0n) is 28.2. The molecule has 0 saturated carbocycles. The maximum atomic E-state index is 9.38. The maximum Gasteiger partial charge on any atom is 0.122 e. The van der Waals surface area contributed by atoms with Crippen molar-refractivity contribution in [1.82, 2.24) is 0 Å². The largest absolute Gasteiger partial charge is 0.508 e. The highest BCUT2D eigenvalue weighted by molar-refractivity contribution is 9.10. The van der Waals surface area contributed by atoms with Crippen molar-refractivity contribution in [2.75, 3.05) is 7.11 Å². The van der Waals surface area contributed by atoms with Crippen molar-refractivity contribution >= 4 is 27.5 Å². The van der Waals surface area contributed by atoms with Gasteiger partial charge in [-0.05, 0) is 107 Å². The monoisotopic (exact) mass is 700 g/mol. The molecule has 4 aromatic rings. The van der Waals surface area contributed by atoms with Crippen molar-refractivity contribution in [3.05, 3.63) is 110 Å². The van der Waals surface area contributed by atoms with E-state index in [1.165, 1.54) is 0 Å². The zero-order chi connectivity index (χ0) is 34.4. The van der Waals surface area contributed by atoms with Gasteiger partial charge in [0.1, 0.15) is 28.7 Å². The average molecular weight is 702 g/mol. The lowest BCUT2D eigenvalue weighted by Gasteiger charge is -2.11. The van der Waals surface area contributed by atoms with Crippen LogP contribution in [0.3, 0.4) is 0 Å². The number of phenols is 4. The van der Waals surface area contributed by atoms with E-state index in [4.69, 9.17) is 16.3 Å². The third-order valence-corrected chi connectivity index (χ3v) is 7.75. The highest BCUT2D eigenvalue weighted by Gasteiger charge is 2.08. The van der Waals surface area contributed by atoms with Crippen molar-refractivity contribution in [2.24, 2.45) is 0 Å². The summed E-state index contributed by atoms with van der Waals surface area (Å²) >= 11 is 9.22. The molecular formula is C38H50BrClO5. The number of rotatable bonds is 5. The third-order valence-electron chi connectivity index (χ3n) is 7.03. The van der Waals surface area contributed by atoms with Crippen molar-refractivity contribution in [3.8, 4) is 28.7 Å². The van der Waals surface area contributed by atoms with Crippen molar-refractivity contribution < 1.29 is 25.2 Å². The minimum atomic E-state index is 0.165. The van der Waals surface area contributed by atoms with Gasteiger partial charge in [-0.15, -0.1) is 0 Å². The highest BCUT2D eigenvalue weighted by Crippen LogP contribution is 2.31. The van der Waals surface area contributed by atoms with Gasteiger partial charge in [0.15, 0.2) is 0 Å². The summed E-state index contributed by atoms with van der Waals surface area (Å²) in [5.74, 6) is 3.56. The summed E-state index contributed by atoms with van der Waals surface area (Å²) in [5, 5.41) is 38.2. The predicted octanol–water partition coefficient (Wildman–Crippen LogP) is 11.8. The predicted molar refractivity (Wildman–Crippen MR) is 193 cm³/mol. The SMILES string of the molecule is CC(C)c1cc(Br)ccc1O.CC(C)c1ccccc1O.COc1ccc(Cl)cc1C(C)C.Cc1c(O)cc(C(C)C)cc1O. The first kappa shape index (κ1) is 39.7. The number of benzene rings is 4. The minimum absolute atomic E-state index is 0.165. The van der Waals surface area contributed by atoms with E-state index in [-0.39, 0.29) is 11.5 Å². The van der Waals surface area contributed by atoms with Crippen LogP contribution in [-0.4, -0.2) is 27.5 Å². The molecule has 0 aliphatic heterocycles. The zero-order valence-corrected chi connectivity index (χ0v) is 30.5. The number of para-hydroxylation sites is 1. The number of hydrogen-bond acceptors (Lipinski definition) is 5. The number of hydrogen-bond donors (Lipinski definition) is 4. The molecule has 0 amide bonds. The lowest BCUT2D eigenvalue weighted by molar-refractivity contribution is 0.407. The molecule has 0 spiro atoms. The van der Waals surface area contributed by atoms with Gasteiger partial charge in [-0.1, -0.05) is 101 Å². The Hall–Kier alpha value is -3.35. The molecule has 0 fully saturated rings. The molecule has 4 N–H and O–H groups in total. The molecule has 0 radical (unpaired) electrons. The first-order valence-electron chi connectivity index (χ1n) is 15.1. The number of ether oxygens (including phenoxy) is 1. The van der Waals surface area contributed by atoms with Gasteiger partial charge in [0.25, 0.3) is 0 Å². The molecule has 45 heavy (non-hydrogen) atoms. The fraction of sp³-hybridized carbons (Fsp3) is 0.368. The van der Waals surface area contributed by atoms with Gasteiger partial charge in [0, 0.05) is 15.1 Å². The molecule has 0 saturated heterocycles. The lowest BCUT2D eigenvalue weighted by Crippen LogP contribution is -1.93. The Kier molecular flexibility index (Phi) is 17.0. The van der Waals surface area contributed by atoms with Crippen LogP contribution >= 0.6 is 27.5 Å². The number of phenolic OH excluding ortho intramolecular Hbond substituents is 4. The van der Waals surface area contributed by atoms with Gasteiger partial charge < -0.3 is 25.2 Å². The molecule has 0 heterocycles. The fourth-order valence-corrected chi connectivity index (χ4v) is 4.72. The van der Waals surface area contributed by atoms with E-state index in [1.54, 1.807) is 38.3 Å². The van der Waals surface area contributed by atoms with E-state index < -0.39 is 0 Å². The van der Waals surface area contributed by atoms with E-state index in [0.717, 1.165) is 37.5 Å². The van der Waals surface area contributed by atoms with Crippen molar-refractivity contribution in [2.45, 2.75) is 86.0 Å². The van der Waals surface area contributed by atoms with E-state index in [0.29, 0.717) is 40.7 Å². The van der Waals surface area contributed by atoms with E-state index >= 15 is 0 Å². The summed E-state index contributed by atoms with van der Waals surface area (Å²) in [6.45, 7) is 18.2. The highest BCUT2D eigenvalue weighted by atomic mass is 79.9. The molecule has 4 rings (SSSR count). The minimum Gasteiger partial charge on any atom is -0.508 e. The molecule has 0 unspecified atom stereocenters. The molecule has 4 aromatic carbocycles. The number of methoxy groups -OCH3 is 1. The molecule has 246 valence electrons. The van der Waals surface area contributed by atoms with Crippen LogP contribution in [0.2, 0.25) is 5.02 Å². The standard InChI is InChI=1S/C10H13ClO.C10H14O2.C9H11BrO.C9H12O/c1-7(2)9-6-8(11)4-5-10(9)12-3;1-6(2)8-4-9(11)7(3)10(12)5-8;1-6(2)8-5-7(10)3-4-9(8)11;1-7(2)8-5-3-4-6-9(8)10/h4-7H,1-3H3;4-6,11-12H,1-3H3;3-6,11H,1-2H3;3-7,10H,1-2H3. The second-order valence-corrected chi connectivity index (χ2v) is 13.3. The molecule has 0 aliphatic rings. The number of halogens is 2. The summed E-state index contributed by atoms with van der Waals surface area (Å²) in [6, 6.07) is 22.0. The molecule has 7 heteroatoms. The normalized spacial score (nSPS) is 10.5. The quantitative estimate of drug-likeness (QED) is 0.166. The summed E-state index contributed by atoms with van der Waals surface area (Å²) in [7, 11) is 1.68. The lowest BCUT2D eigenvalue weighted by atomic mass is 10.0. The van der Waals surface area contributed by atoms with Crippen LogP contribution in [0.25, 0.3) is 0 Å². The number of aromatic hydroxyl groups is 4. The summed E-state index contributed by atoms with van der Waals surface area (Å²) in [5.41, 5.74) is 4.65. The first-order chi connectivity index (χ1) is 21.0. The van der Waals surface area contributed by atoms with E-state index in [1.807, 2.05) is 62.4 Å². The van der Waals surface area contributed by atoms with E-state index in [2.05, 4.69) is 57.5 Å².